The lowest BCUT2D eigenvalue weighted by Crippen LogP contribution is -2.21. The van der Waals surface area contributed by atoms with Crippen molar-refractivity contribution in [2.75, 3.05) is 12.3 Å². The summed E-state index contributed by atoms with van der Waals surface area (Å²) in [6.07, 6.45) is -0.442. The Morgan fingerprint density at radius 1 is 1.50 bits per heavy atom. The number of nitrogens with two attached hydrogens (primary N) is 1. The predicted octanol–water partition coefficient (Wildman–Crippen LogP) is 1.11. The number of thioether (sulfide) groups is 1. The quantitative estimate of drug-likeness (QED) is 0.734. The van der Waals surface area contributed by atoms with E-state index in [1.807, 2.05) is 26.0 Å². The van der Waals surface area contributed by atoms with Gasteiger partial charge in [-0.15, -0.1) is 11.8 Å². The molecule has 1 atom stereocenters. The van der Waals surface area contributed by atoms with Crippen molar-refractivity contribution in [2.45, 2.75) is 25.0 Å². The van der Waals surface area contributed by atoms with Crippen molar-refractivity contribution in [3.8, 4) is 0 Å². The van der Waals surface area contributed by atoms with E-state index in [9.17, 15) is 5.11 Å². The van der Waals surface area contributed by atoms with Crippen molar-refractivity contribution in [2.24, 2.45) is 5.73 Å². The molecule has 1 heterocycles. The maximum Gasteiger partial charge on any atom is 0.0966 e. The van der Waals surface area contributed by atoms with E-state index in [2.05, 4.69) is 4.98 Å². The highest BCUT2D eigenvalue weighted by Crippen LogP contribution is 2.18. The first-order chi connectivity index (χ1) is 6.61. The second kappa shape index (κ2) is 5.34. The van der Waals surface area contributed by atoms with Gasteiger partial charge in [0.2, 0.25) is 0 Å². The summed E-state index contributed by atoms with van der Waals surface area (Å²) in [4.78, 5) is 4.35. The van der Waals surface area contributed by atoms with Gasteiger partial charge < -0.3 is 10.8 Å². The second-order valence-corrected chi connectivity index (χ2v) is 4.36. The van der Waals surface area contributed by atoms with E-state index in [1.165, 1.54) is 5.56 Å². The maximum atomic E-state index is 9.28. The molecule has 0 aromatic carbocycles. The summed E-state index contributed by atoms with van der Waals surface area (Å²) in [6, 6.07) is 4.05. The molecule has 1 aromatic rings. The highest BCUT2D eigenvalue weighted by molar-refractivity contribution is 7.99. The first kappa shape index (κ1) is 11.5. The number of aromatic nitrogens is 1. The van der Waals surface area contributed by atoms with Crippen molar-refractivity contribution in [1.82, 2.24) is 4.98 Å². The van der Waals surface area contributed by atoms with Crippen molar-refractivity contribution >= 4 is 11.8 Å². The van der Waals surface area contributed by atoms with Crippen LogP contribution in [-0.2, 0) is 0 Å². The lowest BCUT2D eigenvalue weighted by molar-refractivity contribution is 0.208. The molecule has 0 radical (unpaired) electrons. The van der Waals surface area contributed by atoms with E-state index in [0.717, 1.165) is 10.7 Å². The zero-order chi connectivity index (χ0) is 10.6. The van der Waals surface area contributed by atoms with Crippen LogP contribution in [-0.4, -0.2) is 28.5 Å². The average Bonchev–Trinajstić information content (AvgIpc) is 2.12. The van der Waals surface area contributed by atoms with Crippen molar-refractivity contribution in [3.63, 3.8) is 0 Å². The Morgan fingerprint density at radius 2 is 2.21 bits per heavy atom. The van der Waals surface area contributed by atoms with E-state index in [-0.39, 0.29) is 0 Å². The van der Waals surface area contributed by atoms with Gasteiger partial charge in [0.1, 0.15) is 0 Å². The van der Waals surface area contributed by atoms with Crippen LogP contribution in [0, 0.1) is 13.8 Å². The summed E-state index contributed by atoms with van der Waals surface area (Å²) < 4.78 is 0. The van der Waals surface area contributed by atoms with E-state index < -0.39 is 6.10 Å². The summed E-state index contributed by atoms with van der Waals surface area (Å²) in [6.45, 7) is 4.31. The van der Waals surface area contributed by atoms with Crippen LogP contribution in [0.15, 0.2) is 17.2 Å². The summed E-state index contributed by atoms with van der Waals surface area (Å²) in [7, 11) is 0. The van der Waals surface area contributed by atoms with Crippen molar-refractivity contribution in [3.05, 3.63) is 23.4 Å². The van der Waals surface area contributed by atoms with Gasteiger partial charge in [0.25, 0.3) is 0 Å². The first-order valence-corrected chi connectivity index (χ1v) is 5.56. The van der Waals surface area contributed by atoms with E-state index in [0.29, 0.717) is 12.3 Å². The number of aryl methyl sites for hydroxylation is 2. The summed E-state index contributed by atoms with van der Waals surface area (Å²) in [5, 5.41) is 10.2. The molecule has 14 heavy (non-hydrogen) atoms. The number of hydrogen-bond donors (Lipinski definition) is 2. The Hall–Kier alpha value is -0.580. The number of nitrogens with zero attached hydrogens (tertiary/aromatic N) is 1. The van der Waals surface area contributed by atoms with Crippen LogP contribution in [0.25, 0.3) is 0 Å². The first-order valence-electron chi connectivity index (χ1n) is 4.58. The van der Waals surface area contributed by atoms with Gasteiger partial charge in [-0.05, 0) is 31.5 Å². The van der Waals surface area contributed by atoms with Gasteiger partial charge in [0, 0.05) is 18.0 Å². The third-order valence-electron chi connectivity index (χ3n) is 1.77. The number of aliphatic hydroxyl groups excluding tert-OH is 1. The lowest BCUT2D eigenvalue weighted by Gasteiger charge is -2.07. The number of aliphatic hydroxyl groups is 1. The summed E-state index contributed by atoms with van der Waals surface area (Å²) >= 11 is 1.54. The Labute approximate surface area is 88.7 Å². The van der Waals surface area contributed by atoms with Crippen LogP contribution < -0.4 is 5.73 Å². The maximum absolute atomic E-state index is 9.28. The van der Waals surface area contributed by atoms with Crippen molar-refractivity contribution in [1.29, 1.82) is 0 Å². The van der Waals surface area contributed by atoms with Crippen LogP contribution in [0.3, 0.4) is 0 Å². The molecule has 0 bridgehead atoms. The van der Waals surface area contributed by atoms with Crippen LogP contribution in [0.1, 0.15) is 11.3 Å². The molecule has 0 saturated carbocycles. The SMILES string of the molecule is Cc1cc(C)nc(SCC(O)CN)c1. The minimum Gasteiger partial charge on any atom is -0.391 e. The van der Waals surface area contributed by atoms with E-state index >= 15 is 0 Å². The Morgan fingerprint density at radius 3 is 2.79 bits per heavy atom. The smallest absolute Gasteiger partial charge is 0.0966 e. The second-order valence-electron chi connectivity index (χ2n) is 3.32. The summed E-state index contributed by atoms with van der Waals surface area (Å²) in [5.41, 5.74) is 7.52. The molecule has 0 aliphatic rings. The Balaban J connectivity index is 2.58. The van der Waals surface area contributed by atoms with Crippen molar-refractivity contribution < 1.29 is 5.11 Å². The number of rotatable bonds is 4. The van der Waals surface area contributed by atoms with Gasteiger partial charge in [0.05, 0.1) is 11.1 Å². The van der Waals surface area contributed by atoms with Crippen LogP contribution in [0.2, 0.25) is 0 Å². The third-order valence-corrected chi connectivity index (χ3v) is 2.83. The standard InChI is InChI=1S/C10H16N2OS/c1-7-3-8(2)12-10(4-7)14-6-9(13)5-11/h3-4,9,13H,5-6,11H2,1-2H3. The highest BCUT2D eigenvalue weighted by Gasteiger charge is 2.03. The molecule has 4 heteroatoms. The number of hydrogen-bond acceptors (Lipinski definition) is 4. The molecule has 1 rings (SSSR count). The summed E-state index contributed by atoms with van der Waals surface area (Å²) in [5.74, 6) is 0.604. The fourth-order valence-corrected chi connectivity index (χ4v) is 2.10. The minimum absolute atomic E-state index is 0.303. The lowest BCUT2D eigenvalue weighted by atomic mass is 10.3. The molecule has 0 aliphatic carbocycles. The topological polar surface area (TPSA) is 59.1 Å². The highest BCUT2D eigenvalue weighted by atomic mass is 32.2. The molecule has 3 nitrogen and oxygen atoms in total. The minimum atomic E-state index is -0.442. The van der Waals surface area contributed by atoms with E-state index in [4.69, 9.17) is 5.73 Å². The van der Waals surface area contributed by atoms with Crippen LogP contribution in [0.4, 0.5) is 0 Å². The zero-order valence-electron chi connectivity index (χ0n) is 8.53. The largest absolute Gasteiger partial charge is 0.391 e. The van der Waals surface area contributed by atoms with Gasteiger partial charge in [-0.1, -0.05) is 0 Å². The molecule has 1 unspecified atom stereocenters. The molecule has 3 N–H and O–H groups in total. The fraction of sp³-hybridized carbons (Fsp3) is 0.500. The molecule has 0 spiro atoms. The molecular weight excluding hydrogens is 196 g/mol. The predicted molar refractivity (Wildman–Crippen MR) is 59.5 cm³/mol. The van der Waals surface area contributed by atoms with E-state index in [1.54, 1.807) is 11.8 Å². The molecule has 1 aromatic heterocycles. The fourth-order valence-electron chi connectivity index (χ4n) is 1.13. The van der Waals surface area contributed by atoms with Gasteiger partial charge in [0.15, 0.2) is 0 Å². The van der Waals surface area contributed by atoms with Crippen LogP contribution in [0.5, 0.6) is 0 Å². The average molecular weight is 212 g/mol. The molecule has 0 aliphatic heterocycles. The third kappa shape index (κ3) is 3.65. The normalized spacial score (nSPS) is 12.9. The van der Waals surface area contributed by atoms with Crippen LogP contribution >= 0.6 is 11.8 Å². The molecular formula is C10H16N2OS. The number of pyridine rings is 1. The molecule has 0 fully saturated rings. The Kier molecular flexibility index (Phi) is 4.38. The molecule has 0 amide bonds. The monoisotopic (exact) mass is 212 g/mol. The Bertz CT molecular complexity index is 284. The van der Waals surface area contributed by atoms with Gasteiger partial charge in [-0.2, -0.15) is 0 Å². The van der Waals surface area contributed by atoms with Gasteiger partial charge >= 0.3 is 0 Å². The molecule has 0 saturated heterocycles. The van der Waals surface area contributed by atoms with Gasteiger partial charge in [-0.25, -0.2) is 4.98 Å². The van der Waals surface area contributed by atoms with Gasteiger partial charge in [-0.3, -0.25) is 0 Å². The zero-order valence-corrected chi connectivity index (χ0v) is 9.34. The molecule has 78 valence electrons.